The summed E-state index contributed by atoms with van der Waals surface area (Å²) in [5.41, 5.74) is 1.57. The lowest BCUT2D eigenvalue weighted by Crippen LogP contribution is -2.46. The molecule has 26 heavy (non-hydrogen) atoms. The Balaban J connectivity index is 1.28. The van der Waals surface area contributed by atoms with E-state index in [9.17, 15) is 4.79 Å². The Morgan fingerprint density at radius 2 is 2.23 bits per heavy atom. The smallest absolute Gasteiger partial charge is 0.257 e. The van der Waals surface area contributed by atoms with Gasteiger partial charge in [-0.2, -0.15) is 5.10 Å². The zero-order chi connectivity index (χ0) is 18.0. The standard InChI is InChI=1S/C19H24N4O3/c1-22-12-16(11-21-22)18(24)23-7-4-19(5-8-23)9-17(14-26-19)25-13-15-3-2-6-20-10-15/h2-3,6,10-12,17H,4-5,7-9,13-14H2,1H3/t17-/m0/s1. The number of likely N-dealkylation sites (tertiary alicyclic amines) is 1. The molecule has 2 aliphatic heterocycles. The van der Waals surface area contributed by atoms with E-state index in [2.05, 4.69) is 10.1 Å². The van der Waals surface area contributed by atoms with Gasteiger partial charge in [0, 0.05) is 45.1 Å². The molecule has 2 saturated heterocycles. The molecule has 2 fully saturated rings. The number of hydrogen-bond donors (Lipinski definition) is 0. The molecule has 1 atom stereocenters. The van der Waals surface area contributed by atoms with Gasteiger partial charge in [0.1, 0.15) is 0 Å². The van der Waals surface area contributed by atoms with Crippen molar-refractivity contribution < 1.29 is 14.3 Å². The number of hydrogen-bond acceptors (Lipinski definition) is 5. The first-order valence-electron chi connectivity index (χ1n) is 9.06. The minimum Gasteiger partial charge on any atom is -0.372 e. The molecule has 1 spiro atoms. The number of aromatic nitrogens is 3. The van der Waals surface area contributed by atoms with Gasteiger partial charge in [0.15, 0.2) is 0 Å². The third-order valence-corrected chi connectivity index (χ3v) is 5.30. The van der Waals surface area contributed by atoms with Crippen molar-refractivity contribution in [3.8, 4) is 0 Å². The summed E-state index contributed by atoms with van der Waals surface area (Å²) in [6.07, 6.45) is 9.68. The molecule has 2 aliphatic rings. The molecule has 0 N–H and O–H groups in total. The summed E-state index contributed by atoms with van der Waals surface area (Å²) in [5.74, 6) is 0.0512. The molecule has 7 nitrogen and oxygen atoms in total. The summed E-state index contributed by atoms with van der Waals surface area (Å²) in [7, 11) is 1.82. The van der Waals surface area contributed by atoms with Crippen LogP contribution in [0.25, 0.3) is 0 Å². The van der Waals surface area contributed by atoms with E-state index in [0.717, 1.165) is 24.8 Å². The Hall–Kier alpha value is -2.25. The quantitative estimate of drug-likeness (QED) is 0.835. The maximum Gasteiger partial charge on any atom is 0.257 e. The first-order valence-corrected chi connectivity index (χ1v) is 9.06. The fraction of sp³-hybridized carbons (Fsp3) is 0.526. The molecule has 4 rings (SSSR count). The van der Waals surface area contributed by atoms with Gasteiger partial charge in [0.25, 0.3) is 5.91 Å². The summed E-state index contributed by atoms with van der Waals surface area (Å²) in [6.45, 7) is 2.60. The van der Waals surface area contributed by atoms with Crippen LogP contribution in [0.1, 0.15) is 35.2 Å². The molecule has 0 unspecified atom stereocenters. The molecule has 0 aliphatic carbocycles. The first-order chi connectivity index (χ1) is 12.6. The minimum atomic E-state index is -0.147. The molecule has 0 saturated carbocycles. The van der Waals surface area contributed by atoms with E-state index in [1.807, 2.05) is 30.3 Å². The number of aryl methyl sites for hydroxylation is 1. The highest BCUT2D eigenvalue weighted by Gasteiger charge is 2.44. The van der Waals surface area contributed by atoms with Crippen molar-refractivity contribution in [3.63, 3.8) is 0 Å². The van der Waals surface area contributed by atoms with Crippen LogP contribution < -0.4 is 0 Å². The van der Waals surface area contributed by atoms with Crippen LogP contribution in [0.4, 0.5) is 0 Å². The summed E-state index contributed by atoms with van der Waals surface area (Å²) >= 11 is 0. The van der Waals surface area contributed by atoms with Gasteiger partial charge in [0.2, 0.25) is 0 Å². The predicted molar refractivity (Wildman–Crippen MR) is 94.5 cm³/mol. The molecular formula is C19H24N4O3. The number of amides is 1. The monoisotopic (exact) mass is 356 g/mol. The lowest BCUT2D eigenvalue weighted by molar-refractivity contribution is -0.0412. The minimum absolute atomic E-state index is 0.0512. The van der Waals surface area contributed by atoms with Crippen LogP contribution in [0.5, 0.6) is 0 Å². The number of carbonyl (C=O) groups is 1. The molecule has 2 aromatic heterocycles. The maximum absolute atomic E-state index is 12.5. The lowest BCUT2D eigenvalue weighted by Gasteiger charge is -2.38. The zero-order valence-electron chi connectivity index (χ0n) is 15.0. The van der Waals surface area contributed by atoms with Crippen LogP contribution in [-0.4, -0.2) is 57.0 Å². The highest BCUT2D eigenvalue weighted by molar-refractivity contribution is 5.93. The summed E-state index contributed by atoms with van der Waals surface area (Å²) < 4.78 is 13.8. The van der Waals surface area contributed by atoms with Gasteiger partial charge in [-0.05, 0) is 24.5 Å². The Morgan fingerprint density at radius 3 is 2.92 bits per heavy atom. The van der Waals surface area contributed by atoms with E-state index in [1.54, 1.807) is 23.3 Å². The largest absolute Gasteiger partial charge is 0.372 e. The predicted octanol–water partition coefficient (Wildman–Crippen LogP) is 1.80. The molecule has 4 heterocycles. The summed E-state index contributed by atoms with van der Waals surface area (Å²) in [5, 5.41) is 4.08. The second-order valence-electron chi connectivity index (χ2n) is 7.19. The Kier molecular flexibility index (Phi) is 4.74. The van der Waals surface area contributed by atoms with Crippen LogP contribution in [0.15, 0.2) is 36.9 Å². The van der Waals surface area contributed by atoms with Gasteiger partial charge < -0.3 is 14.4 Å². The third kappa shape index (κ3) is 3.64. The van der Waals surface area contributed by atoms with Crippen LogP contribution in [-0.2, 0) is 23.1 Å². The van der Waals surface area contributed by atoms with E-state index < -0.39 is 0 Å². The van der Waals surface area contributed by atoms with Crippen molar-refractivity contribution in [3.05, 3.63) is 48.0 Å². The van der Waals surface area contributed by atoms with Crippen LogP contribution >= 0.6 is 0 Å². The molecule has 0 aromatic carbocycles. The van der Waals surface area contributed by atoms with E-state index in [0.29, 0.717) is 31.9 Å². The molecule has 0 radical (unpaired) electrons. The van der Waals surface area contributed by atoms with Gasteiger partial charge in [-0.15, -0.1) is 0 Å². The molecule has 1 amide bonds. The molecule has 2 aromatic rings. The SMILES string of the molecule is Cn1cc(C(=O)N2CCC3(CC2)C[C@H](OCc2cccnc2)CO3)cn1. The zero-order valence-corrected chi connectivity index (χ0v) is 15.0. The topological polar surface area (TPSA) is 69.5 Å². The van der Waals surface area contributed by atoms with Gasteiger partial charge in [-0.25, -0.2) is 0 Å². The number of piperidine rings is 1. The second kappa shape index (κ2) is 7.17. The lowest BCUT2D eigenvalue weighted by atomic mass is 9.88. The van der Waals surface area contributed by atoms with E-state index >= 15 is 0 Å². The molecule has 138 valence electrons. The number of rotatable bonds is 4. The van der Waals surface area contributed by atoms with Gasteiger partial charge >= 0.3 is 0 Å². The maximum atomic E-state index is 12.5. The Morgan fingerprint density at radius 1 is 1.38 bits per heavy atom. The van der Waals surface area contributed by atoms with Crippen molar-refractivity contribution in [2.24, 2.45) is 7.05 Å². The summed E-state index contributed by atoms with van der Waals surface area (Å²) in [6, 6.07) is 3.93. The van der Waals surface area contributed by atoms with Crippen molar-refractivity contribution in [2.75, 3.05) is 19.7 Å². The average molecular weight is 356 g/mol. The normalized spacial score (nSPS) is 22.0. The number of pyridine rings is 1. The highest BCUT2D eigenvalue weighted by atomic mass is 16.6. The van der Waals surface area contributed by atoms with Crippen molar-refractivity contribution >= 4 is 5.91 Å². The van der Waals surface area contributed by atoms with E-state index in [-0.39, 0.29) is 17.6 Å². The third-order valence-electron chi connectivity index (χ3n) is 5.30. The Labute approximate surface area is 152 Å². The van der Waals surface area contributed by atoms with Gasteiger partial charge in [-0.1, -0.05) is 6.07 Å². The van der Waals surface area contributed by atoms with Gasteiger partial charge in [0.05, 0.1) is 36.7 Å². The Bertz CT molecular complexity index is 753. The molecule has 7 heteroatoms. The number of nitrogens with zero attached hydrogens (tertiary/aromatic N) is 4. The van der Waals surface area contributed by atoms with Crippen LogP contribution in [0, 0.1) is 0 Å². The number of carbonyl (C=O) groups excluding carboxylic acids is 1. The number of ether oxygens (including phenoxy) is 2. The molecule has 0 bridgehead atoms. The first kappa shape index (κ1) is 17.2. The van der Waals surface area contributed by atoms with E-state index in [1.165, 1.54) is 0 Å². The van der Waals surface area contributed by atoms with Crippen LogP contribution in [0.3, 0.4) is 0 Å². The van der Waals surface area contributed by atoms with E-state index in [4.69, 9.17) is 9.47 Å². The van der Waals surface area contributed by atoms with Gasteiger partial charge in [-0.3, -0.25) is 14.5 Å². The highest BCUT2D eigenvalue weighted by Crippen LogP contribution is 2.37. The van der Waals surface area contributed by atoms with Crippen molar-refractivity contribution in [1.82, 2.24) is 19.7 Å². The fourth-order valence-electron chi connectivity index (χ4n) is 3.79. The fourth-order valence-corrected chi connectivity index (χ4v) is 3.79. The second-order valence-corrected chi connectivity index (χ2v) is 7.19. The molecular weight excluding hydrogens is 332 g/mol. The average Bonchev–Trinajstić information content (AvgIpc) is 3.28. The summed E-state index contributed by atoms with van der Waals surface area (Å²) in [4.78, 5) is 18.5. The van der Waals surface area contributed by atoms with Crippen LogP contribution in [0.2, 0.25) is 0 Å². The van der Waals surface area contributed by atoms with Crippen molar-refractivity contribution in [1.29, 1.82) is 0 Å². The van der Waals surface area contributed by atoms with Crippen molar-refractivity contribution in [2.45, 2.75) is 37.6 Å².